The molecule has 226 valence electrons. The van der Waals surface area contributed by atoms with Crippen LogP contribution in [0.25, 0.3) is 0 Å². The highest BCUT2D eigenvalue weighted by Gasteiger charge is 2.47. The molecule has 11 heteroatoms. The zero-order valence-electron chi connectivity index (χ0n) is 24.6. The summed E-state index contributed by atoms with van der Waals surface area (Å²) in [6.07, 6.45) is 1.05. The number of carbonyl (C=O) groups is 3. The highest BCUT2D eigenvalue weighted by atomic mass is 16.6. The zero-order chi connectivity index (χ0) is 31.1. The summed E-state index contributed by atoms with van der Waals surface area (Å²) < 4.78 is 4.70. The molecule has 3 rings (SSSR count). The molecule has 0 aliphatic carbocycles. The van der Waals surface area contributed by atoms with E-state index in [1.165, 1.54) is 11.1 Å². The van der Waals surface area contributed by atoms with E-state index in [0.717, 1.165) is 17.5 Å². The molecule has 6 N–H and O–H groups in total. The standard InChI is InChI=1S/C31H41N5O6/c1-21(35(30(41)42-31(2,3)4)26(27(38)19-37)17-23-13-9-6-10-14-23)15-24-18-36(20-34-24,29(33)40)28(39)25(32)16-22-11-7-5-8-12-22/h5-14,18,20-21,25-27,37-38H,15-17,19,32H2,1-4H3,(H-,33,40)/p+1/t21-,25+,26?,27+,36?/m1/s1. The summed E-state index contributed by atoms with van der Waals surface area (Å²) in [4.78, 5) is 45.3. The Morgan fingerprint density at radius 2 is 1.52 bits per heavy atom. The molecule has 0 radical (unpaired) electrons. The normalized spacial score (nSPS) is 19.4. The van der Waals surface area contributed by atoms with Gasteiger partial charge in [-0.2, -0.15) is 0 Å². The Morgan fingerprint density at radius 1 is 0.976 bits per heavy atom. The van der Waals surface area contributed by atoms with Crippen LogP contribution in [-0.2, 0) is 22.4 Å². The van der Waals surface area contributed by atoms with Gasteiger partial charge in [-0.15, -0.1) is 4.48 Å². The maximum Gasteiger partial charge on any atom is 0.432 e. The second-order valence-corrected chi connectivity index (χ2v) is 11.6. The molecule has 2 unspecified atom stereocenters. The van der Waals surface area contributed by atoms with Gasteiger partial charge in [0.2, 0.25) is 6.34 Å². The summed E-state index contributed by atoms with van der Waals surface area (Å²) in [6.45, 7) is 6.35. The van der Waals surface area contributed by atoms with Crippen molar-refractivity contribution >= 4 is 24.4 Å². The molecule has 0 spiro atoms. The number of hydrogen-bond acceptors (Lipinski definition) is 8. The second kappa shape index (κ2) is 13.8. The Balaban J connectivity index is 1.91. The summed E-state index contributed by atoms with van der Waals surface area (Å²) in [7, 11) is 0. The van der Waals surface area contributed by atoms with Gasteiger partial charge in [-0.25, -0.2) is 19.4 Å². The van der Waals surface area contributed by atoms with Crippen molar-refractivity contribution in [3.05, 3.63) is 83.7 Å². The topological polar surface area (TPSA) is 169 Å². The summed E-state index contributed by atoms with van der Waals surface area (Å²) in [6, 6.07) is 15.0. The number of carbonyl (C=O) groups excluding carboxylic acids is 3. The molecule has 0 aromatic heterocycles. The molecule has 42 heavy (non-hydrogen) atoms. The van der Waals surface area contributed by atoms with E-state index in [0.29, 0.717) is 5.70 Å². The first-order valence-electron chi connectivity index (χ1n) is 13.9. The van der Waals surface area contributed by atoms with Gasteiger partial charge in [-0.1, -0.05) is 60.7 Å². The molecule has 0 bridgehead atoms. The number of urea groups is 1. The largest absolute Gasteiger partial charge is 0.444 e. The van der Waals surface area contributed by atoms with Gasteiger partial charge in [-0.05, 0) is 45.2 Å². The third-order valence-corrected chi connectivity index (χ3v) is 6.96. The van der Waals surface area contributed by atoms with E-state index in [-0.39, 0.29) is 19.3 Å². The van der Waals surface area contributed by atoms with Gasteiger partial charge in [0.15, 0.2) is 0 Å². The fourth-order valence-electron chi connectivity index (χ4n) is 4.91. The molecule has 2 aromatic rings. The molecule has 4 amide bonds. The van der Waals surface area contributed by atoms with Crippen molar-refractivity contribution in [2.24, 2.45) is 16.5 Å². The lowest BCUT2D eigenvalue weighted by Crippen LogP contribution is -2.59. The third-order valence-electron chi connectivity index (χ3n) is 6.96. The Kier molecular flexibility index (Phi) is 10.7. The van der Waals surface area contributed by atoms with Crippen LogP contribution < -0.4 is 11.5 Å². The van der Waals surface area contributed by atoms with Gasteiger partial charge in [0.05, 0.1) is 18.8 Å². The minimum atomic E-state index is -1.28. The molecule has 11 nitrogen and oxygen atoms in total. The van der Waals surface area contributed by atoms with Crippen molar-refractivity contribution in [3.8, 4) is 0 Å². The van der Waals surface area contributed by atoms with Gasteiger partial charge in [-0.3, -0.25) is 4.90 Å². The first-order valence-corrected chi connectivity index (χ1v) is 13.9. The zero-order valence-corrected chi connectivity index (χ0v) is 24.6. The van der Waals surface area contributed by atoms with Gasteiger partial charge in [0.25, 0.3) is 0 Å². The summed E-state index contributed by atoms with van der Waals surface area (Å²) >= 11 is 0. The minimum absolute atomic E-state index is 0.0909. The molecule has 1 heterocycles. The van der Waals surface area contributed by atoms with Crippen LogP contribution in [0.5, 0.6) is 0 Å². The number of nitrogens with zero attached hydrogens (tertiary/aromatic N) is 3. The van der Waals surface area contributed by atoms with Gasteiger partial charge in [0, 0.05) is 18.9 Å². The van der Waals surface area contributed by atoms with Crippen LogP contribution in [0.15, 0.2) is 77.6 Å². The van der Waals surface area contributed by atoms with Crippen LogP contribution in [0.2, 0.25) is 0 Å². The smallest absolute Gasteiger partial charge is 0.432 e. The highest BCUT2D eigenvalue weighted by molar-refractivity contribution is 5.95. The van der Waals surface area contributed by atoms with Crippen molar-refractivity contribution in [2.75, 3.05) is 6.61 Å². The Bertz CT molecular complexity index is 1290. The molecule has 0 saturated carbocycles. The number of benzene rings is 2. The number of amides is 4. The Labute approximate surface area is 246 Å². The van der Waals surface area contributed by atoms with E-state index in [4.69, 9.17) is 16.2 Å². The average Bonchev–Trinajstić information content (AvgIpc) is 3.37. The fraction of sp³-hybridized carbons (Fsp3) is 0.419. The van der Waals surface area contributed by atoms with E-state index in [2.05, 4.69) is 4.99 Å². The number of aliphatic imine (C=N–C) groups is 1. The number of rotatable bonds is 11. The second-order valence-electron chi connectivity index (χ2n) is 11.6. The lowest BCUT2D eigenvalue weighted by atomic mass is 9.97. The number of aliphatic hydroxyl groups is 2. The quantitative estimate of drug-likeness (QED) is 0.296. The van der Waals surface area contributed by atoms with Crippen LogP contribution in [0.1, 0.15) is 45.2 Å². The molecule has 0 saturated heterocycles. The molecular formula is C31H42N5O6+. The molecule has 5 atom stereocenters. The maximum absolute atomic E-state index is 13.5. The van der Waals surface area contributed by atoms with Crippen LogP contribution >= 0.6 is 0 Å². The Morgan fingerprint density at radius 3 is 2.02 bits per heavy atom. The third kappa shape index (κ3) is 8.10. The number of imide groups is 1. The SMILES string of the molecule is C[C@H](CC1=C[N+](C(N)=O)(C(=O)[C@@H](N)Cc2ccccc2)C=N1)N(C(=O)OC(C)(C)C)C(Cc1ccccc1)[C@@H](O)CO. The van der Waals surface area contributed by atoms with Crippen molar-refractivity contribution in [1.82, 2.24) is 4.90 Å². The Hall–Kier alpha value is -3.90. The number of quaternary nitrogens is 1. The summed E-state index contributed by atoms with van der Waals surface area (Å²) in [5, 5.41) is 20.7. The number of nitrogens with two attached hydrogens (primary N) is 2. The van der Waals surface area contributed by atoms with E-state index >= 15 is 0 Å². The molecular weight excluding hydrogens is 538 g/mol. The van der Waals surface area contributed by atoms with E-state index in [1.807, 2.05) is 60.7 Å². The van der Waals surface area contributed by atoms with Crippen molar-refractivity contribution in [2.45, 2.75) is 76.8 Å². The number of hydrogen-bond donors (Lipinski definition) is 4. The molecule has 1 aliphatic heterocycles. The minimum Gasteiger partial charge on any atom is -0.444 e. The average molecular weight is 581 g/mol. The van der Waals surface area contributed by atoms with E-state index in [1.54, 1.807) is 27.7 Å². The van der Waals surface area contributed by atoms with E-state index in [9.17, 15) is 24.6 Å². The fourth-order valence-corrected chi connectivity index (χ4v) is 4.91. The van der Waals surface area contributed by atoms with Crippen LogP contribution in [0.4, 0.5) is 9.59 Å². The predicted octanol–water partition coefficient (Wildman–Crippen LogP) is 2.84. The number of ether oxygens (including phenoxy) is 1. The molecule has 1 aliphatic rings. The van der Waals surface area contributed by atoms with Gasteiger partial charge in [0.1, 0.15) is 23.5 Å². The molecule has 2 aromatic carbocycles. The van der Waals surface area contributed by atoms with E-state index < -0.39 is 59.0 Å². The van der Waals surface area contributed by atoms with Gasteiger partial charge < -0.3 is 26.4 Å². The summed E-state index contributed by atoms with van der Waals surface area (Å²) in [5.41, 5.74) is 13.1. The lowest BCUT2D eigenvalue weighted by Gasteiger charge is -2.39. The van der Waals surface area contributed by atoms with Crippen molar-refractivity contribution in [3.63, 3.8) is 0 Å². The predicted molar refractivity (Wildman–Crippen MR) is 159 cm³/mol. The van der Waals surface area contributed by atoms with Crippen LogP contribution in [-0.4, -0.2) is 80.4 Å². The first kappa shape index (κ1) is 32.6. The van der Waals surface area contributed by atoms with Crippen molar-refractivity contribution in [1.29, 1.82) is 0 Å². The first-order chi connectivity index (χ1) is 19.8. The molecule has 0 fully saturated rings. The van der Waals surface area contributed by atoms with Crippen molar-refractivity contribution < 1.29 is 33.8 Å². The monoisotopic (exact) mass is 580 g/mol. The number of aliphatic hydroxyl groups excluding tert-OH is 2. The van der Waals surface area contributed by atoms with Gasteiger partial charge >= 0.3 is 18.0 Å². The summed E-state index contributed by atoms with van der Waals surface area (Å²) in [5.74, 6) is -0.639. The van der Waals surface area contributed by atoms with Crippen LogP contribution in [0, 0.1) is 0 Å². The highest BCUT2D eigenvalue weighted by Crippen LogP contribution is 2.27. The maximum atomic E-state index is 13.5. The van der Waals surface area contributed by atoms with Crippen LogP contribution in [0.3, 0.4) is 0 Å². The number of primary amides is 1. The lowest BCUT2D eigenvalue weighted by molar-refractivity contribution is -0.606.